The van der Waals surface area contributed by atoms with E-state index in [0.29, 0.717) is 19.8 Å². The van der Waals surface area contributed by atoms with E-state index in [2.05, 4.69) is 12.2 Å². The van der Waals surface area contributed by atoms with E-state index in [1.165, 1.54) is 77.0 Å². The molecule has 2 amide bonds. The summed E-state index contributed by atoms with van der Waals surface area (Å²) in [6.07, 6.45) is 21.2. The zero-order valence-electron chi connectivity index (χ0n) is 21.1. The Morgan fingerprint density at radius 1 is 0.879 bits per heavy atom. The molecule has 1 aliphatic rings. The van der Waals surface area contributed by atoms with Crippen LogP contribution in [0.1, 0.15) is 116 Å². The lowest BCUT2D eigenvalue weighted by molar-refractivity contribution is -0.169. The Hall–Kier alpha value is -1.18. The molecule has 0 bridgehead atoms. The van der Waals surface area contributed by atoms with Crippen molar-refractivity contribution in [2.75, 3.05) is 26.4 Å². The first kappa shape index (κ1) is 29.9. The second-order valence-corrected chi connectivity index (χ2v) is 9.34. The molecule has 0 aliphatic carbocycles. The van der Waals surface area contributed by atoms with Crippen molar-refractivity contribution in [3.8, 4) is 0 Å². The van der Waals surface area contributed by atoms with Crippen LogP contribution >= 0.6 is 0 Å². The molecule has 7 nitrogen and oxygen atoms in total. The van der Waals surface area contributed by atoms with Crippen LogP contribution in [0.4, 0.5) is 0 Å². The summed E-state index contributed by atoms with van der Waals surface area (Å²) in [6.45, 7) is 4.13. The zero-order chi connectivity index (χ0) is 24.0. The van der Waals surface area contributed by atoms with Gasteiger partial charge < -0.3 is 25.3 Å². The van der Waals surface area contributed by atoms with Crippen LogP contribution in [0, 0.1) is 0 Å². The van der Waals surface area contributed by atoms with Gasteiger partial charge in [-0.1, -0.05) is 90.4 Å². The maximum absolute atomic E-state index is 11.6. The fourth-order valence-corrected chi connectivity index (χ4v) is 4.08. The highest BCUT2D eigenvalue weighted by Crippen LogP contribution is 2.14. The Bertz CT molecular complexity index is 483. The van der Waals surface area contributed by atoms with E-state index < -0.39 is 17.9 Å². The molecule has 3 N–H and O–H groups in total. The standard InChI is InChI=1S/C26H50N2O5/c1-2-3-4-5-6-7-8-9-10-11-12-13-14-16-19-31-21-23(28-26(30)25(27)29)22-33-24-18-15-17-20-32-24/h23-24H,2-22H2,1H3,(H2,27,29)(H,28,30). The number of hydrogen-bond donors (Lipinski definition) is 2. The smallest absolute Gasteiger partial charge is 0.309 e. The van der Waals surface area contributed by atoms with Crippen LogP contribution in [-0.4, -0.2) is 50.6 Å². The molecule has 1 fully saturated rings. The molecule has 33 heavy (non-hydrogen) atoms. The maximum Gasteiger partial charge on any atom is 0.309 e. The summed E-state index contributed by atoms with van der Waals surface area (Å²) in [4.78, 5) is 22.7. The average Bonchev–Trinajstić information content (AvgIpc) is 2.82. The van der Waals surface area contributed by atoms with Crippen molar-refractivity contribution >= 4 is 11.8 Å². The molecule has 1 heterocycles. The zero-order valence-corrected chi connectivity index (χ0v) is 21.1. The molecule has 1 rings (SSSR count). The van der Waals surface area contributed by atoms with Gasteiger partial charge in [0.05, 0.1) is 19.3 Å². The number of hydrogen-bond acceptors (Lipinski definition) is 5. The number of ether oxygens (including phenoxy) is 3. The molecule has 0 radical (unpaired) electrons. The number of nitrogens with two attached hydrogens (primary N) is 1. The van der Waals surface area contributed by atoms with Gasteiger partial charge in [0.1, 0.15) is 0 Å². The van der Waals surface area contributed by atoms with Gasteiger partial charge in [-0.2, -0.15) is 0 Å². The highest BCUT2D eigenvalue weighted by molar-refractivity contribution is 6.34. The Morgan fingerprint density at radius 3 is 1.97 bits per heavy atom. The molecule has 0 aromatic rings. The number of nitrogens with one attached hydrogen (secondary N) is 1. The maximum atomic E-state index is 11.6. The fraction of sp³-hybridized carbons (Fsp3) is 0.923. The first-order chi connectivity index (χ1) is 16.1. The van der Waals surface area contributed by atoms with Gasteiger partial charge in [-0.05, 0) is 25.7 Å². The van der Waals surface area contributed by atoms with Crippen molar-refractivity contribution in [2.24, 2.45) is 5.73 Å². The summed E-state index contributed by atoms with van der Waals surface area (Å²) in [5, 5.41) is 2.59. The minimum Gasteiger partial charge on any atom is -0.379 e. The van der Waals surface area contributed by atoms with E-state index in [4.69, 9.17) is 19.9 Å². The third-order valence-electron chi connectivity index (χ3n) is 6.14. The Kier molecular flexibility index (Phi) is 19.3. The molecule has 0 aromatic carbocycles. The largest absolute Gasteiger partial charge is 0.379 e. The van der Waals surface area contributed by atoms with Crippen LogP contribution in [-0.2, 0) is 23.8 Å². The first-order valence-corrected chi connectivity index (χ1v) is 13.5. The first-order valence-electron chi connectivity index (χ1n) is 13.5. The summed E-state index contributed by atoms with van der Waals surface area (Å²) in [6, 6.07) is -0.415. The predicted molar refractivity (Wildman–Crippen MR) is 132 cm³/mol. The number of rotatable bonds is 21. The minimum atomic E-state index is -0.999. The summed E-state index contributed by atoms with van der Waals surface area (Å²) in [5.41, 5.74) is 5.06. The lowest BCUT2D eigenvalue weighted by atomic mass is 10.0. The normalized spacial score (nSPS) is 17.1. The molecule has 7 heteroatoms. The van der Waals surface area contributed by atoms with E-state index in [9.17, 15) is 9.59 Å². The Labute approximate surface area is 201 Å². The van der Waals surface area contributed by atoms with Crippen LogP contribution in [0.5, 0.6) is 0 Å². The fourth-order valence-electron chi connectivity index (χ4n) is 4.08. The van der Waals surface area contributed by atoms with Gasteiger partial charge in [-0.15, -0.1) is 0 Å². The van der Waals surface area contributed by atoms with Crippen LogP contribution in [0.2, 0.25) is 0 Å². The van der Waals surface area contributed by atoms with E-state index >= 15 is 0 Å². The summed E-state index contributed by atoms with van der Waals surface area (Å²) < 4.78 is 17.0. The summed E-state index contributed by atoms with van der Waals surface area (Å²) >= 11 is 0. The molecular weight excluding hydrogens is 420 g/mol. The van der Waals surface area contributed by atoms with Crippen LogP contribution < -0.4 is 11.1 Å². The number of carbonyl (C=O) groups excluding carboxylic acids is 2. The lowest BCUT2D eigenvalue weighted by Gasteiger charge is -2.25. The molecule has 194 valence electrons. The van der Waals surface area contributed by atoms with E-state index in [-0.39, 0.29) is 12.9 Å². The van der Waals surface area contributed by atoms with Crippen molar-refractivity contribution in [1.82, 2.24) is 5.32 Å². The second-order valence-electron chi connectivity index (χ2n) is 9.34. The molecular formula is C26H50N2O5. The van der Waals surface area contributed by atoms with Crippen molar-refractivity contribution in [2.45, 2.75) is 128 Å². The highest BCUT2D eigenvalue weighted by Gasteiger charge is 2.20. The Morgan fingerprint density at radius 2 is 1.45 bits per heavy atom. The molecule has 2 unspecified atom stereocenters. The monoisotopic (exact) mass is 470 g/mol. The highest BCUT2D eigenvalue weighted by atomic mass is 16.7. The van der Waals surface area contributed by atoms with E-state index in [1.807, 2.05) is 0 Å². The number of unbranched alkanes of at least 4 members (excludes halogenated alkanes) is 13. The van der Waals surface area contributed by atoms with Gasteiger partial charge >= 0.3 is 11.8 Å². The molecule has 0 saturated carbocycles. The average molecular weight is 471 g/mol. The van der Waals surface area contributed by atoms with Gasteiger partial charge in [-0.3, -0.25) is 9.59 Å². The van der Waals surface area contributed by atoms with Crippen molar-refractivity contribution in [1.29, 1.82) is 0 Å². The molecule has 0 aromatic heterocycles. The molecule has 1 aliphatic heterocycles. The SMILES string of the molecule is CCCCCCCCCCCCCCCCOCC(COC1CCCCO1)NC(=O)C(N)=O. The van der Waals surface area contributed by atoms with Crippen LogP contribution in [0.3, 0.4) is 0 Å². The number of primary amides is 1. The second kappa shape index (κ2) is 21.4. The third kappa shape index (κ3) is 17.9. The summed E-state index contributed by atoms with van der Waals surface area (Å²) in [5.74, 6) is -1.81. The van der Waals surface area contributed by atoms with E-state index in [0.717, 1.165) is 32.1 Å². The van der Waals surface area contributed by atoms with Gasteiger partial charge in [0.25, 0.3) is 0 Å². The van der Waals surface area contributed by atoms with E-state index in [1.54, 1.807) is 0 Å². The quantitative estimate of drug-likeness (QED) is 0.182. The molecule has 2 atom stereocenters. The number of carbonyl (C=O) groups is 2. The van der Waals surface area contributed by atoms with Crippen molar-refractivity contribution < 1.29 is 23.8 Å². The minimum absolute atomic E-state index is 0.239. The molecule has 0 spiro atoms. The van der Waals surface area contributed by atoms with Gasteiger partial charge in [0.15, 0.2) is 6.29 Å². The van der Waals surface area contributed by atoms with Crippen molar-refractivity contribution in [3.63, 3.8) is 0 Å². The molecule has 1 saturated heterocycles. The third-order valence-corrected chi connectivity index (χ3v) is 6.14. The topological polar surface area (TPSA) is 99.9 Å². The van der Waals surface area contributed by atoms with Crippen LogP contribution in [0.25, 0.3) is 0 Å². The lowest BCUT2D eigenvalue weighted by Crippen LogP contribution is -2.47. The number of amides is 2. The predicted octanol–water partition coefficient (Wildman–Crippen LogP) is 5.00. The van der Waals surface area contributed by atoms with Crippen LogP contribution in [0.15, 0.2) is 0 Å². The summed E-state index contributed by atoms with van der Waals surface area (Å²) in [7, 11) is 0. The van der Waals surface area contributed by atoms with Gasteiger partial charge in [0.2, 0.25) is 0 Å². The Balaban J connectivity index is 1.98. The van der Waals surface area contributed by atoms with Gasteiger partial charge in [-0.25, -0.2) is 0 Å². The van der Waals surface area contributed by atoms with Gasteiger partial charge in [0, 0.05) is 13.2 Å². The van der Waals surface area contributed by atoms with Crippen molar-refractivity contribution in [3.05, 3.63) is 0 Å².